The summed E-state index contributed by atoms with van der Waals surface area (Å²) in [6.07, 6.45) is 3.39. The normalized spacial score (nSPS) is 12.5. The summed E-state index contributed by atoms with van der Waals surface area (Å²) in [4.78, 5) is 9.68. The molecule has 5 nitrogen and oxygen atoms in total. The van der Waals surface area contributed by atoms with Crippen LogP contribution in [0.15, 0.2) is 41.4 Å². The van der Waals surface area contributed by atoms with Crippen molar-refractivity contribution < 1.29 is 9.29 Å². The Bertz CT molecular complexity index is 814. The van der Waals surface area contributed by atoms with Crippen molar-refractivity contribution in [3.8, 4) is 17.1 Å². The molecule has 2 aromatic heterocycles. The van der Waals surface area contributed by atoms with Gasteiger partial charge in [-0.1, -0.05) is 0 Å². The number of hydrogen-bond donors (Lipinski definition) is 0. The topological polar surface area (TPSA) is 63.0 Å². The maximum absolute atomic E-state index is 11.7. The van der Waals surface area contributed by atoms with Gasteiger partial charge in [0.2, 0.25) is 0 Å². The van der Waals surface area contributed by atoms with Gasteiger partial charge in [-0.2, -0.15) is 0 Å². The molecule has 2 heterocycles. The van der Waals surface area contributed by atoms with Crippen LogP contribution in [0, 0.1) is 0 Å². The molecular weight excluding hydrogens is 298 g/mol. The summed E-state index contributed by atoms with van der Waals surface area (Å²) in [5.74, 6) is 1.47. The highest BCUT2D eigenvalue weighted by molar-refractivity contribution is 7.90. The van der Waals surface area contributed by atoms with Crippen molar-refractivity contribution in [3.63, 3.8) is 0 Å². The van der Waals surface area contributed by atoms with E-state index < -0.39 is 11.2 Å². The summed E-state index contributed by atoms with van der Waals surface area (Å²) in [6.45, 7) is 2.85. The molecular formula is C16H17N3O2S. The third-order valence-corrected chi connectivity index (χ3v) is 4.50. The lowest BCUT2D eigenvalue weighted by molar-refractivity contribution is 0.414. The second kappa shape index (κ2) is 5.98. The molecule has 1 atom stereocenters. The van der Waals surface area contributed by atoms with Gasteiger partial charge in [0.25, 0.3) is 0 Å². The number of pyridine rings is 1. The van der Waals surface area contributed by atoms with Gasteiger partial charge in [0.15, 0.2) is 10.5 Å². The number of aromatic nitrogens is 3. The molecule has 0 N–H and O–H groups in total. The summed E-state index contributed by atoms with van der Waals surface area (Å²) in [5, 5.41) is 0. The van der Waals surface area contributed by atoms with E-state index in [2.05, 4.69) is 21.5 Å². The van der Waals surface area contributed by atoms with Gasteiger partial charge >= 0.3 is 0 Å². The molecule has 6 heteroatoms. The van der Waals surface area contributed by atoms with E-state index in [-0.39, 0.29) is 0 Å². The van der Waals surface area contributed by atoms with Crippen molar-refractivity contribution in [2.45, 2.75) is 18.4 Å². The van der Waals surface area contributed by atoms with E-state index in [0.29, 0.717) is 11.4 Å². The van der Waals surface area contributed by atoms with Crippen LogP contribution in [-0.2, 0) is 17.7 Å². The van der Waals surface area contributed by atoms with Crippen LogP contribution in [-0.4, -0.2) is 32.5 Å². The van der Waals surface area contributed by atoms with Crippen LogP contribution in [0.5, 0.6) is 5.75 Å². The predicted molar refractivity (Wildman–Crippen MR) is 87.5 cm³/mol. The average Bonchev–Trinajstić information content (AvgIpc) is 2.92. The number of hydrogen-bond acceptors (Lipinski definition) is 4. The van der Waals surface area contributed by atoms with E-state index in [4.69, 9.17) is 4.74 Å². The second-order valence-corrected chi connectivity index (χ2v) is 6.22. The van der Waals surface area contributed by atoms with Crippen LogP contribution in [0.4, 0.5) is 0 Å². The van der Waals surface area contributed by atoms with Gasteiger partial charge in [-0.3, -0.25) is 0 Å². The van der Waals surface area contributed by atoms with Crippen molar-refractivity contribution in [1.29, 1.82) is 0 Å². The molecule has 0 bridgehead atoms. The lowest BCUT2D eigenvalue weighted by Crippen LogP contribution is -2.02. The monoisotopic (exact) mass is 315 g/mol. The van der Waals surface area contributed by atoms with Crippen LogP contribution < -0.4 is 4.74 Å². The molecule has 0 saturated heterocycles. The van der Waals surface area contributed by atoms with Crippen LogP contribution in [0.1, 0.15) is 6.92 Å². The van der Waals surface area contributed by atoms with E-state index >= 15 is 0 Å². The number of aryl methyl sites for hydroxylation is 1. The molecule has 3 rings (SSSR count). The number of ether oxygens (including phenoxy) is 1. The largest absolute Gasteiger partial charge is 0.612 e. The Labute approximate surface area is 132 Å². The second-order valence-electron chi connectivity index (χ2n) is 4.84. The molecule has 0 aliphatic rings. The first-order valence-corrected chi connectivity index (χ1v) is 8.54. The summed E-state index contributed by atoms with van der Waals surface area (Å²) in [6, 6.07) is 9.46. The number of fused-ring (bicyclic) bond motifs is 1. The van der Waals surface area contributed by atoms with Gasteiger partial charge < -0.3 is 13.9 Å². The van der Waals surface area contributed by atoms with Gasteiger partial charge in [0, 0.05) is 18.8 Å². The first kappa shape index (κ1) is 14.9. The standard InChI is InChI=1S/C16H17N3O2S/c1-4-19-13-6-5-9-17-15(13)18-16(19)12-8-7-11(22(3)20)10-14(12)21-2/h5-10H,4H2,1-3H3. The highest BCUT2D eigenvalue weighted by Crippen LogP contribution is 2.33. The maximum Gasteiger partial charge on any atom is 0.178 e. The van der Waals surface area contributed by atoms with E-state index in [9.17, 15) is 4.55 Å². The first-order chi connectivity index (χ1) is 10.7. The SMILES string of the molecule is CCn1c(-c2ccc([S+](C)[O-])cc2OC)nc2ncccc21. The highest BCUT2D eigenvalue weighted by Gasteiger charge is 2.18. The van der Waals surface area contributed by atoms with Gasteiger partial charge in [-0.25, -0.2) is 9.97 Å². The molecule has 0 radical (unpaired) electrons. The van der Waals surface area contributed by atoms with E-state index in [0.717, 1.165) is 28.3 Å². The van der Waals surface area contributed by atoms with Crippen molar-refractivity contribution in [2.75, 3.05) is 13.4 Å². The lowest BCUT2D eigenvalue weighted by Gasteiger charge is -2.12. The number of methoxy groups -OCH3 is 1. The average molecular weight is 315 g/mol. The molecule has 22 heavy (non-hydrogen) atoms. The van der Waals surface area contributed by atoms with Crippen molar-refractivity contribution >= 4 is 22.3 Å². The summed E-state index contributed by atoms with van der Waals surface area (Å²) < 4.78 is 19.2. The molecule has 0 spiro atoms. The minimum atomic E-state index is -1.05. The molecule has 1 unspecified atom stereocenters. The highest BCUT2D eigenvalue weighted by atomic mass is 32.2. The number of rotatable bonds is 4. The molecule has 0 amide bonds. The molecule has 0 aliphatic heterocycles. The Morgan fingerprint density at radius 3 is 2.82 bits per heavy atom. The molecule has 0 fully saturated rings. The van der Waals surface area contributed by atoms with Crippen LogP contribution in [0.25, 0.3) is 22.6 Å². The first-order valence-electron chi connectivity index (χ1n) is 6.98. The van der Waals surface area contributed by atoms with Gasteiger partial charge in [-0.15, -0.1) is 0 Å². The maximum atomic E-state index is 11.7. The van der Waals surface area contributed by atoms with Crippen LogP contribution in [0.3, 0.4) is 0 Å². The Morgan fingerprint density at radius 2 is 2.14 bits per heavy atom. The Morgan fingerprint density at radius 1 is 1.32 bits per heavy atom. The smallest absolute Gasteiger partial charge is 0.178 e. The molecule has 114 valence electrons. The molecule has 0 saturated carbocycles. The van der Waals surface area contributed by atoms with Crippen LogP contribution >= 0.6 is 0 Å². The fourth-order valence-corrected chi connectivity index (χ4v) is 3.05. The summed E-state index contributed by atoms with van der Waals surface area (Å²) in [5.41, 5.74) is 2.58. The fourth-order valence-electron chi connectivity index (χ4n) is 2.52. The van der Waals surface area contributed by atoms with Crippen molar-refractivity contribution in [3.05, 3.63) is 36.5 Å². The van der Waals surface area contributed by atoms with Crippen molar-refractivity contribution in [1.82, 2.24) is 14.5 Å². The number of nitrogens with zero attached hydrogens (tertiary/aromatic N) is 3. The van der Waals surface area contributed by atoms with Gasteiger partial charge in [-0.05, 0) is 42.4 Å². The van der Waals surface area contributed by atoms with Gasteiger partial charge in [0.05, 0.1) is 18.2 Å². The van der Waals surface area contributed by atoms with Crippen LogP contribution in [0.2, 0.25) is 0 Å². The third kappa shape index (κ3) is 2.44. The Kier molecular flexibility index (Phi) is 4.04. The zero-order valence-corrected chi connectivity index (χ0v) is 13.6. The Balaban J connectivity index is 2.22. The third-order valence-electron chi connectivity index (χ3n) is 3.59. The number of imidazole rings is 1. The quantitative estimate of drug-likeness (QED) is 0.695. The van der Waals surface area contributed by atoms with Gasteiger partial charge in [0.1, 0.15) is 17.8 Å². The number of benzene rings is 1. The van der Waals surface area contributed by atoms with E-state index in [1.807, 2.05) is 24.3 Å². The minimum Gasteiger partial charge on any atom is -0.612 e. The lowest BCUT2D eigenvalue weighted by atomic mass is 10.2. The summed E-state index contributed by atoms with van der Waals surface area (Å²) in [7, 11) is 1.61. The minimum absolute atomic E-state index is 0.665. The predicted octanol–water partition coefficient (Wildman–Crippen LogP) is 2.86. The molecule has 1 aromatic carbocycles. The fraction of sp³-hybridized carbons (Fsp3) is 0.250. The Hall–Kier alpha value is -2.05. The molecule has 3 aromatic rings. The zero-order valence-electron chi connectivity index (χ0n) is 12.7. The molecule has 0 aliphatic carbocycles. The van der Waals surface area contributed by atoms with E-state index in [1.54, 1.807) is 25.6 Å². The zero-order chi connectivity index (χ0) is 15.7. The van der Waals surface area contributed by atoms with Crippen molar-refractivity contribution in [2.24, 2.45) is 0 Å². The van der Waals surface area contributed by atoms with E-state index in [1.165, 1.54) is 0 Å². The summed E-state index contributed by atoms with van der Waals surface area (Å²) >= 11 is -1.05.